The van der Waals surface area contributed by atoms with Crippen molar-refractivity contribution < 1.29 is 0 Å². The summed E-state index contributed by atoms with van der Waals surface area (Å²) in [6, 6.07) is 2.30. The summed E-state index contributed by atoms with van der Waals surface area (Å²) in [5.74, 6) is 5.64. The van der Waals surface area contributed by atoms with Gasteiger partial charge in [0.15, 0.2) is 0 Å². The zero-order chi connectivity index (χ0) is 12.8. The molecule has 0 aliphatic heterocycles. The van der Waals surface area contributed by atoms with Gasteiger partial charge in [0.1, 0.15) is 0 Å². The van der Waals surface area contributed by atoms with Crippen molar-refractivity contribution in [3.8, 4) is 0 Å². The van der Waals surface area contributed by atoms with Crippen LogP contribution in [-0.4, -0.2) is 9.78 Å². The molecule has 1 unspecified atom stereocenters. The second-order valence-electron chi connectivity index (χ2n) is 4.44. The Morgan fingerprint density at radius 3 is 2.76 bits per heavy atom. The van der Waals surface area contributed by atoms with Crippen molar-refractivity contribution in [3.05, 3.63) is 29.6 Å². The van der Waals surface area contributed by atoms with Crippen LogP contribution in [0, 0.1) is 0 Å². The molecule has 4 heteroatoms. The van der Waals surface area contributed by atoms with E-state index in [-0.39, 0.29) is 6.04 Å². The molecule has 0 bridgehead atoms. The van der Waals surface area contributed by atoms with Crippen LogP contribution in [0.1, 0.15) is 51.0 Å². The molecule has 1 aromatic heterocycles. The zero-order valence-corrected chi connectivity index (χ0v) is 11.2. The summed E-state index contributed by atoms with van der Waals surface area (Å²) in [5, 5.41) is 4.54. The Balaban J connectivity index is 2.85. The minimum Gasteiger partial charge on any atom is -0.271 e. The number of nitrogens with zero attached hydrogens (tertiary/aromatic N) is 2. The predicted octanol–water partition coefficient (Wildman–Crippen LogP) is 2.33. The third-order valence-electron chi connectivity index (χ3n) is 2.94. The number of nitrogens with two attached hydrogens (primary N) is 1. The fourth-order valence-corrected chi connectivity index (χ4v) is 1.90. The van der Waals surface area contributed by atoms with Gasteiger partial charge in [-0.1, -0.05) is 12.5 Å². The van der Waals surface area contributed by atoms with Gasteiger partial charge in [-0.15, -0.1) is 6.58 Å². The van der Waals surface area contributed by atoms with E-state index < -0.39 is 0 Å². The molecule has 0 radical (unpaired) electrons. The highest BCUT2D eigenvalue weighted by Gasteiger charge is 2.15. The average Bonchev–Trinajstić information content (AvgIpc) is 2.73. The summed E-state index contributed by atoms with van der Waals surface area (Å²) in [7, 11) is 0. The second kappa shape index (κ2) is 6.57. The van der Waals surface area contributed by atoms with Gasteiger partial charge >= 0.3 is 0 Å². The SMILES string of the molecule is C=C(C)CCC(NN)c1cc(CC)nn1CC. The zero-order valence-electron chi connectivity index (χ0n) is 11.2. The van der Waals surface area contributed by atoms with Crippen LogP contribution in [0.25, 0.3) is 0 Å². The van der Waals surface area contributed by atoms with E-state index in [4.69, 9.17) is 5.84 Å². The number of nitrogens with one attached hydrogen (secondary N) is 1. The number of allylic oxidation sites excluding steroid dienone is 1. The van der Waals surface area contributed by atoms with Gasteiger partial charge < -0.3 is 0 Å². The predicted molar refractivity (Wildman–Crippen MR) is 71.4 cm³/mol. The van der Waals surface area contributed by atoms with Crippen molar-refractivity contribution in [1.82, 2.24) is 15.2 Å². The Morgan fingerprint density at radius 2 is 2.29 bits per heavy atom. The lowest BCUT2D eigenvalue weighted by Gasteiger charge is -2.17. The highest BCUT2D eigenvalue weighted by atomic mass is 15.3. The number of aromatic nitrogens is 2. The highest BCUT2D eigenvalue weighted by molar-refractivity contribution is 5.15. The quantitative estimate of drug-likeness (QED) is 0.434. The number of aryl methyl sites for hydroxylation is 2. The maximum Gasteiger partial charge on any atom is 0.0632 e. The largest absolute Gasteiger partial charge is 0.271 e. The lowest BCUT2D eigenvalue weighted by Crippen LogP contribution is -2.29. The molecule has 0 fully saturated rings. The molecule has 4 nitrogen and oxygen atoms in total. The number of hydrogen-bond acceptors (Lipinski definition) is 3. The lowest BCUT2D eigenvalue weighted by molar-refractivity contribution is 0.466. The van der Waals surface area contributed by atoms with Gasteiger partial charge in [-0.2, -0.15) is 5.10 Å². The van der Waals surface area contributed by atoms with Crippen LogP contribution in [-0.2, 0) is 13.0 Å². The number of rotatable bonds is 7. The molecule has 0 saturated heterocycles. The molecular weight excluding hydrogens is 212 g/mol. The van der Waals surface area contributed by atoms with Gasteiger partial charge in [0.05, 0.1) is 17.4 Å². The molecule has 0 spiro atoms. The van der Waals surface area contributed by atoms with E-state index in [1.165, 1.54) is 11.3 Å². The van der Waals surface area contributed by atoms with Gasteiger partial charge in [0.25, 0.3) is 0 Å². The van der Waals surface area contributed by atoms with E-state index in [1.807, 2.05) is 11.6 Å². The molecule has 96 valence electrons. The normalized spacial score (nSPS) is 12.7. The van der Waals surface area contributed by atoms with Crippen LogP contribution in [0.2, 0.25) is 0 Å². The van der Waals surface area contributed by atoms with Crippen molar-refractivity contribution in [1.29, 1.82) is 0 Å². The molecule has 0 aliphatic rings. The van der Waals surface area contributed by atoms with E-state index in [0.717, 1.165) is 31.5 Å². The van der Waals surface area contributed by atoms with Gasteiger partial charge in [0, 0.05) is 6.54 Å². The smallest absolute Gasteiger partial charge is 0.0632 e. The molecular formula is C13H24N4. The summed E-state index contributed by atoms with van der Waals surface area (Å²) < 4.78 is 2.03. The van der Waals surface area contributed by atoms with E-state index in [2.05, 4.69) is 37.0 Å². The lowest BCUT2D eigenvalue weighted by atomic mass is 10.0. The van der Waals surface area contributed by atoms with E-state index in [1.54, 1.807) is 0 Å². The van der Waals surface area contributed by atoms with Crippen LogP contribution in [0.3, 0.4) is 0 Å². The van der Waals surface area contributed by atoms with E-state index >= 15 is 0 Å². The van der Waals surface area contributed by atoms with Crippen molar-refractivity contribution in [2.45, 2.75) is 52.6 Å². The molecule has 0 aliphatic carbocycles. The van der Waals surface area contributed by atoms with Crippen LogP contribution >= 0.6 is 0 Å². The van der Waals surface area contributed by atoms with Crippen molar-refractivity contribution >= 4 is 0 Å². The summed E-state index contributed by atoms with van der Waals surface area (Å²) in [6.07, 6.45) is 2.89. The first-order valence-corrected chi connectivity index (χ1v) is 6.29. The second-order valence-corrected chi connectivity index (χ2v) is 4.44. The van der Waals surface area contributed by atoms with Crippen molar-refractivity contribution in [2.75, 3.05) is 0 Å². The van der Waals surface area contributed by atoms with E-state index in [0.29, 0.717) is 0 Å². The van der Waals surface area contributed by atoms with Crippen LogP contribution < -0.4 is 11.3 Å². The monoisotopic (exact) mass is 236 g/mol. The van der Waals surface area contributed by atoms with Gasteiger partial charge in [-0.25, -0.2) is 0 Å². The minimum atomic E-state index is 0.152. The molecule has 1 rings (SSSR count). The number of hydrazine groups is 1. The Bertz CT molecular complexity index is 367. The van der Waals surface area contributed by atoms with Crippen molar-refractivity contribution in [2.24, 2.45) is 5.84 Å². The Hall–Kier alpha value is -1.13. The third-order valence-corrected chi connectivity index (χ3v) is 2.94. The molecule has 1 heterocycles. The molecule has 1 atom stereocenters. The minimum absolute atomic E-state index is 0.152. The molecule has 0 saturated carbocycles. The third kappa shape index (κ3) is 3.68. The van der Waals surface area contributed by atoms with Gasteiger partial charge in [-0.3, -0.25) is 16.0 Å². The topological polar surface area (TPSA) is 55.9 Å². The fourth-order valence-electron chi connectivity index (χ4n) is 1.90. The Morgan fingerprint density at radius 1 is 1.59 bits per heavy atom. The Kier molecular flexibility index (Phi) is 5.38. The highest BCUT2D eigenvalue weighted by Crippen LogP contribution is 2.21. The molecule has 0 aromatic carbocycles. The standard InChI is InChI=1S/C13H24N4/c1-5-11-9-13(17(6-2)16-11)12(15-14)8-7-10(3)4/h9,12,15H,3,5-8,14H2,1-2,4H3. The fraction of sp³-hybridized carbons (Fsp3) is 0.615. The summed E-state index contributed by atoms with van der Waals surface area (Å²) >= 11 is 0. The number of hydrogen-bond donors (Lipinski definition) is 2. The molecule has 0 amide bonds. The maximum absolute atomic E-state index is 5.64. The van der Waals surface area contributed by atoms with Crippen LogP contribution in [0.5, 0.6) is 0 Å². The van der Waals surface area contributed by atoms with Gasteiger partial charge in [0.2, 0.25) is 0 Å². The molecule has 3 N–H and O–H groups in total. The Labute approximate surface area is 104 Å². The van der Waals surface area contributed by atoms with E-state index in [9.17, 15) is 0 Å². The van der Waals surface area contributed by atoms with Gasteiger partial charge in [-0.05, 0) is 39.2 Å². The summed E-state index contributed by atoms with van der Waals surface area (Å²) in [5.41, 5.74) is 6.36. The average molecular weight is 236 g/mol. The maximum atomic E-state index is 5.64. The first-order chi connectivity index (χ1) is 8.12. The first kappa shape index (κ1) is 13.9. The molecule has 17 heavy (non-hydrogen) atoms. The molecule has 1 aromatic rings. The van der Waals surface area contributed by atoms with Crippen molar-refractivity contribution in [3.63, 3.8) is 0 Å². The van der Waals surface area contributed by atoms with Crippen LogP contribution in [0.15, 0.2) is 18.2 Å². The first-order valence-electron chi connectivity index (χ1n) is 6.29. The van der Waals surface area contributed by atoms with Crippen LogP contribution in [0.4, 0.5) is 0 Å². The summed E-state index contributed by atoms with van der Waals surface area (Å²) in [6.45, 7) is 11.1. The summed E-state index contributed by atoms with van der Waals surface area (Å²) in [4.78, 5) is 0.